The maximum absolute atomic E-state index is 2.91. The molecule has 3 aliphatic rings. The molecule has 3 fully saturated rings. The molecule has 20 heavy (non-hydrogen) atoms. The highest BCUT2D eigenvalue weighted by molar-refractivity contribution is 4.92. The quantitative estimate of drug-likeness (QED) is 0.644. The van der Waals surface area contributed by atoms with E-state index in [4.69, 9.17) is 0 Å². The molecule has 0 radical (unpaired) electrons. The zero-order valence-corrected chi connectivity index (χ0v) is 14.0. The Bertz CT molecular complexity index is 306. The Labute approximate surface area is 126 Å². The molecule has 1 heteroatoms. The number of hydrogen-bond donors (Lipinski definition) is 0. The van der Waals surface area contributed by atoms with Gasteiger partial charge in [-0.25, -0.2) is 0 Å². The predicted octanol–water partition coefficient (Wildman–Crippen LogP) is 5.10. The molecule has 0 aromatic rings. The van der Waals surface area contributed by atoms with E-state index in [1.165, 1.54) is 58.0 Å². The number of hydrogen-bond acceptors (Lipinski definition) is 1. The van der Waals surface area contributed by atoms with Gasteiger partial charge in [0.15, 0.2) is 0 Å². The monoisotopic (exact) mass is 277 g/mol. The summed E-state index contributed by atoms with van der Waals surface area (Å²) in [6, 6.07) is 0.954. The molecule has 0 amide bonds. The molecule has 0 N–H and O–H groups in total. The summed E-state index contributed by atoms with van der Waals surface area (Å²) in [6.45, 7) is 10.1. The zero-order chi connectivity index (χ0) is 14.2. The lowest BCUT2D eigenvalue weighted by Gasteiger charge is -2.49. The van der Waals surface area contributed by atoms with Crippen LogP contribution in [0.5, 0.6) is 0 Å². The second-order valence-corrected chi connectivity index (χ2v) is 8.88. The van der Waals surface area contributed by atoms with Crippen molar-refractivity contribution < 1.29 is 0 Å². The Hall–Kier alpha value is -0.0400. The number of rotatable bonds is 1. The minimum atomic E-state index is 0.520. The highest BCUT2D eigenvalue weighted by Gasteiger charge is 2.39. The van der Waals surface area contributed by atoms with Crippen LogP contribution in [0.15, 0.2) is 0 Å². The van der Waals surface area contributed by atoms with E-state index in [9.17, 15) is 0 Å². The van der Waals surface area contributed by atoms with Gasteiger partial charge in [0.05, 0.1) is 0 Å². The highest BCUT2D eigenvalue weighted by atomic mass is 15.2. The van der Waals surface area contributed by atoms with Gasteiger partial charge in [-0.15, -0.1) is 0 Å². The van der Waals surface area contributed by atoms with E-state index < -0.39 is 0 Å². The van der Waals surface area contributed by atoms with Gasteiger partial charge in [-0.3, -0.25) is 0 Å². The van der Waals surface area contributed by atoms with E-state index >= 15 is 0 Å². The molecule has 116 valence electrons. The fourth-order valence-corrected chi connectivity index (χ4v) is 5.46. The second kappa shape index (κ2) is 5.99. The van der Waals surface area contributed by atoms with Crippen molar-refractivity contribution in [1.29, 1.82) is 0 Å². The van der Waals surface area contributed by atoms with Crippen LogP contribution in [0.4, 0.5) is 0 Å². The first-order chi connectivity index (χ1) is 9.55. The summed E-state index contributed by atoms with van der Waals surface area (Å²) in [5.74, 6) is 3.09. The SMILES string of the molecule is CC(C)(C)C1CCN(C2CCCC3CCCCC32)CC1. The maximum Gasteiger partial charge on any atom is 0.0126 e. The average molecular weight is 277 g/mol. The van der Waals surface area contributed by atoms with Crippen molar-refractivity contribution in [1.82, 2.24) is 4.90 Å². The molecule has 1 nitrogen and oxygen atoms in total. The van der Waals surface area contributed by atoms with Crippen molar-refractivity contribution in [2.45, 2.75) is 84.6 Å². The fraction of sp³-hybridized carbons (Fsp3) is 1.00. The summed E-state index contributed by atoms with van der Waals surface area (Å²) in [5.41, 5.74) is 0.520. The lowest BCUT2D eigenvalue weighted by atomic mass is 9.67. The molecular formula is C19H35N. The minimum Gasteiger partial charge on any atom is -0.300 e. The van der Waals surface area contributed by atoms with E-state index in [0.29, 0.717) is 5.41 Å². The lowest BCUT2D eigenvalue weighted by Crippen LogP contribution is -2.50. The van der Waals surface area contributed by atoms with Crippen LogP contribution in [0.25, 0.3) is 0 Å². The van der Waals surface area contributed by atoms with Crippen molar-refractivity contribution in [3.63, 3.8) is 0 Å². The predicted molar refractivity (Wildman–Crippen MR) is 86.8 cm³/mol. The first-order valence-electron chi connectivity index (χ1n) is 9.30. The summed E-state index contributed by atoms with van der Waals surface area (Å²) in [6.07, 6.45) is 13.5. The topological polar surface area (TPSA) is 3.24 Å². The van der Waals surface area contributed by atoms with Crippen LogP contribution in [0.1, 0.15) is 78.6 Å². The Balaban J connectivity index is 1.59. The molecule has 0 aromatic heterocycles. The molecule has 3 rings (SSSR count). The molecule has 0 bridgehead atoms. The number of piperidine rings is 1. The van der Waals surface area contributed by atoms with Crippen LogP contribution >= 0.6 is 0 Å². The van der Waals surface area contributed by atoms with E-state index in [1.807, 2.05) is 0 Å². The molecule has 0 spiro atoms. The van der Waals surface area contributed by atoms with Crippen LogP contribution in [0.2, 0.25) is 0 Å². The third kappa shape index (κ3) is 3.08. The van der Waals surface area contributed by atoms with Crippen LogP contribution in [-0.4, -0.2) is 24.0 Å². The van der Waals surface area contributed by atoms with Gasteiger partial charge in [0, 0.05) is 6.04 Å². The van der Waals surface area contributed by atoms with Gasteiger partial charge in [-0.2, -0.15) is 0 Å². The van der Waals surface area contributed by atoms with Gasteiger partial charge in [0.1, 0.15) is 0 Å². The molecule has 3 unspecified atom stereocenters. The van der Waals surface area contributed by atoms with E-state index in [-0.39, 0.29) is 0 Å². The van der Waals surface area contributed by atoms with Gasteiger partial charge in [0.2, 0.25) is 0 Å². The van der Waals surface area contributed by atoms with Crippen molar-refractivity contribution in [2.75, 3.05) is 13.1 Å². The number of fused-ring (bicyclic) bond motifs is 1. The average Bonchev–Trinajstić information content (AvgIpc) is 2.46. The van der Waals surface area contributed by atoms with E-state index in [2.05, 4.69) is 25.7 Å². The standard InChI is InChI=1S/C19H35N/c1-19(2,3)16-11-13-20(14-12-16)18-10-6-8-15-7-4-5-9-17(15)18/h15-18H,4-14H2,1-3H3. The molecular weight excluding hydrogens is 242 g/mol. The molecule has 2 aliphatic carbocycles. The molecule has 3 atom stereocenters. The molecule has 0 aromatic carbocycles. The Morgan fingerprint density at radius 1 is 0.750 bits per heavy atom. The van der Waals surface area contributed by atoms with Crippen molar-refractivity contribution in [3.05, 3.63) is 0 Å². The smallest absolute Gasteiger partial charge is 0.0126 e. The van der Waals surface area contributed by atoms with Gasteiger partial charge < -0.3 is 4.90 Å². The first kappa shape index (κ1) is 14.9. The molecule has 1 aliphatic heterocycles. The summed E-state index contributed by atoms with van der Waals surface area (Å²) in [4.78, 5) is 2.91. The largest absolute Gasteiger partial charge is 0.300 e. The molecule has 2 saturated carbocycles. The Kier molecular flexibility index (Phi) is 4.45. The van der Waals surface area contributed by atoms with Crippen molar-refractivity contribution in [2.24, 2.45) is 23.2 Å². The Morgan fingerprint density at radius 2 is 1.40 bits per heavy atom. The van der Waals surface area contributed by atoms with Gasteiger partial charge in [-0.05, 0) is 61.9 Å². The number of nitrogens with zero attached hydrogens (tertiary/aromatic N) is 1. The van der Waals surface area contributed by atoms with E-state index in [0.717, 1.165) is 23.8 Å². The van der Waals surface area contributed by atoms with Gasteiger partial charge >= 0.3 is 0 Å². The second-order valence-electron chi connectivity index (χ2n) is 8.88. The third-order valence-electron chi connectivity index (χ3n) is 6.76. The van der Waals surface area contributed by atoms with Gasteiger partial charge in [-0.1, -0.05) is 52.9 Å². The first-order valence-corrected chi connectivity index (χ1v) is 9.30. The normalized spacial score (nSPS) is 37.6. The van der Waals surface area contributed by atoms with Gasteiger partial charge in [0.25, 0.3) is 0 Å². The summed E-state index contributed by atoms with van der Waals surface area (Å²) in [7, 11) is 0. The zero-order valence-electron chi connectivity index (χ0n) is 14.0. The van der Waals surface area contributed by atoms with Crippen LogP contribution in [0, 0.1) is 23.2 Å². The van der Waals surface area contributed by atoms with Crippen LogP contribution in [0.3, 0.4) is 0 Å². The highest BCUT2D eigenvalue weighted by Crippen LogP contribution is 2.44. The summed E-state index contributed by atoms with van der Waals surface area (Å²) in [5, 5.41) is 0. The van der Waals surface area contributed by atoms with Crippen LogP contribution < -0.4 is 0 Å². The van der Waals surface area contributed by atoms with Crippen LogP contribution in [-0.2, 0) is 0 Å². The minimum absolute atomic E-state index is 0.520. The fourth-order valence-electron chi connectivity index (χ4n) is 5.46. The van der Waals surface area contributed by atoms with Crippen molar-refractivity contribution in [3.8, 4) is 0 Å². The maximum atomic E-state index is 2.91. The summed E-state index contributed by atoms with van der Waals surface area (Å²) < 4.78 is 0. The number of likely N-dealkylation sites (tertiary alicyclic amines) is 1. The summed E-state index contributed by atoms with van der Waals surface area (Å²) >= 11 is 0. The molecule has 1 saturated heterocycles. The van der Waals surface area contributed by atoms with E-state index in [1.54, 1.807) is 12.8 Å². The third-order valence-corrected chi connectivity index (χ3v) is 6.76. The molecule has 1 heterocycles. The van der Waals surface area contributed by atoms with Crippen molar-refractivity contribution >= 4 is 0 Å². The Morgan fingerprint density at radius 3 is 2.10 bits per heavy atom. The lowest BCUT2D eigenvalue weighted by molar-refractivity contribution is 0.00764.